The van der Waals surface area contributed by atoms with Crippen LogP contribution in [0.3, 0.4) is 0 Å². The van der Waals surface area contributed by atoms with E-state index in [-0.39, 0.29) is 34.8 Å². The van der Waals surface area contributed by atoms with Crippen molar-refractivity contribution in [1.82, 2.24) is 23.6 Å². The van der Waals surface area contributed by atoms with E-state index in [2.05, 4.69) is 4.98 Å². The zero-order chi connectivity index (χ0) is 29.9. The number of nitrogens with zero attached hydrogens (tertiary/aromatic N) is 7. The van der Waals surface area contributed by atoms with Gasteiger partial charge in [-0.1, -0.05) is 29.8 Å². The van der Waals surface area contributed by atoms with E-state index in [1.807, 2.05) is 9.80 Å². The Morgan fingerprint density at radius 2 is 1.64 bits per heavy atom. The van der Waals surface area contributed by atoms with Crippen molar-refractivity contribution < 1.29 is 18.4 Å². The number of aryl methyl sites for hydroxylation is 1. The van der Waals surface area contributed by atoms with Gasteiger partial charge >= 0.3 is 5.69 Å². The number of carbonyl (C=O) groups is 2. The van der Waals surface area contributed by atoms with Crippen LogP contribution in [0.4, 0.5) is 20.4 Å². The van der Waals surface area contributed by atoms with Crippen LogP contribution in [-0.2, 0) is 30.2 Å². The van der Waals surface area contributed by atoms with Crippen molar-refractivity contribution in [2.24, 2.45) is 14.1 Å². The van der Waals surface area contributed by atoms with Gasteiger partial charge in [-0.25, -0.2) is 18.5 Å². The summed E-state index contributed by atoms with van der Waals surface area (Å²) >= 11 is 5.88. The number of hydrogen-bond acceptors (Lipinski definition) is 7. The van der Waals surface area contributed by atoms with Crippen molar-refractivity contribution in [3.8, 4) is 0 Å². The van der Waals surface area contributed by atoms with Gasteiger partial charge in [0.25, 0.3) is 11.5 Å². The van der Waals surface area contributed by atoms with Crippen molar-refractivity contribution in [3.63, 3.8) is 0 Å². The fourth-order valence-corrected chi connectivity index (χ4v) is 5.83. The molecule has 14 heteroatoms. The lowest BCUT2D eigenvalue weighted by molar-refractivity contribution is -0.123. The number of rotatable bonds is 5. The number of aromatic nitrogens is 4. The number of piperazine rings is 1. The topological polar surface area (TPSA) is 106 Å². The standard InChI is InChI=1S/C28H26ClF2N7O4/c1-33-24-23(26(41)34(2)28(33)42)37(15-16-5-3-4-6-19(16)30)27(32-24)36-11-9-35(10-12-36)21-14-22(39)38(25(21)40)17-7-8-20(31)18(29)13-17/h3-8,13,21H,9-12,14-15H2,1-2H3. The molecule has 0 saturated carbocycles. The van der Waals surface area contributed by atoms with Gasteiger partial charge in [-0.05, 0) is 24.3 Å². The van der Waals surface area contributed by atoms with Crippen LogP contribution in [0.2, 0.25) is 5.02 Å². The molecule has 1 unspecified atom stereocenters. The Balaban J connectivity index is 1.29. The molecule has 4 heterocycles. The van der Waals surface area contributed by atoms with Crippen LogP contribution in [0, 0.1) is 11.6 Å². The summed E-state index contributed by atoms with van der Waals surface area (Å²) in [6.45, 7) is 1.56. The highest BCUT2D eigenvalue weighted by Gasteiger charge is 2.43. The smallest absolute Gasteiger partial charge is 0.332 e. The minimum atomic E-state index is -0.700. The Morgan fingerprint density at radius 3 is 2.33 bits per heavy atom. The monoisotopic (exact) mass is 597 g/mol. The number of halogens is 3. The molecule has 2 aromatic carbocycles. The van der Waals surface area contributed by atoms with Crippen molar-refractivity contribution in [2.45, 2.75) is 19.0 Å². The molecule has 2 saturated heterocycles. The van der Waals surface area contributed by atoms with E-state index in [0.717, 1.165) is 15.5 Å². The molecule has 2 amide bonds. The number of hydrogen-bond donors (Lipinski definition) is 0. The molecule has 2 aliphatic rings. The largest absolute Gasteiger partial charge is 0.340 e. The Hall–Kier alpha value is -4.36. The van der Waals surface area contributed by atoms with Crippen LogP contribution in [0.15, 0.2) is 52.1 Å². The molecular formula is C28H26ClF2N7O4. The van der Waals surface area contributed by atoms with Crippen LogP contribution in [0.25, 0.3) is 11.2 Å². The molecule has 42 heavy (non-hydrogen) atoms. The van der Waals surface area contributed by atoms with Gasteiger partial charge in [-0.3, -0.25) is 33.0 Å². The molecule has 6 rings (SSSR count). The molecule has 2 fully saturated rings. The zero-order valence-corrected chi connectivity index (χ0v) is 23.5. The van der Waals surface area contributed by atoms with Gasteiger partial charge in [0.1, 0.15) is 11.6 Å². The predicted molar refractivity (Wildman–Crippen MR) is 152 cm³/mol. The zero-order valence-electron chi connectivity index (χ0n) is 22.8. The fraction of sp³-hybridized carbons (Fsp3) is 0.321. The number of fused-ring (bicyclic) bond motifs is 1. The summed E-state index contributed by atoms with van der Waals surface area (Å²) in [6, 6.07) is 9.25. The molecule has 0 N–H and O–H groups in total. The first kappa shape index (κ1) is 27.8. The molecule has 2 aromatic heterocycles. The third kappa shape index (κ3) is 4.49. The molecule has 0 bridgehead atoms. The average Bonchev–Trinajstić information content (AvgIpc) is 3.50. The van der Waals surface area contributed by atoms with Crippen LogP contribution in [-0.4, -0.2) is 67.6 Å². The maximum absolute atomic E-state index is 14.7. The second kappa shape index (κ2) is 10.5. The van der Waals surface area contributed by atoms with Gasteiger partial charge < -0.3 is 4.90 Å². The Morgan fingerprint density at radius 1 is 0.929 bits per heavy atom. The number of benzene rings is 2. The maximum Gasteiger partial charge on any atom is 0.332 e. The molecule has 0 radical (unpaired) electrons. The van der Waals surface area contributed by atoms with Gasteiger partial charge in [-0.15, -0.1) is 0 Å². The van der Waals surface area contributed by atoms with Gasteiger partial charge in [0.2, 0.25) is 11.9 Å². The first-order valence-electron chi connectivity index (χ1n) is 13.3. The van der Waals surface area contributed by atoms with Crippen LogP contribution >= 0.6 is 11.6 Å². The normalized spacial score (nSPS) is 18.1. The minimum absolute atomic E-state index is 0.0109. The first-order valence-corrected chi connectivity index (χ1v) is 13.6. The summed E-state index contributed by atoms with van der Waals surface area (Å²) in [5.41, 5.74) is -0.156. The SMILES string of the molecule is Cn1c(=O)c2c(nc(N3CCN(C4CC(=O)N(c5ccc(F)c(Cl)c5)C4=O)CC3)n2Cc2ccccc2F)n(C)c1=O. The molecule has 1 atom stereocenters. The molecule has 11 nitrogen and oxygen atoms in total. The van der Waals surface area contributed by atoms with E-state index < -0.39 is 40.7 Å². The molecule has 0 aliphatic carbocycles. The van der Waals surface area contributed by atoms with E-state index in [0.29, 0.717) is 37.7 Å². The van der Waals surface area contributed by atoms with Crippen molar-refractivity contribution >= 4 is 46.2 Å². The van der Waals surface area contributed by atoms with Gasteiger partial charge in [0.05, 0.1) is 29.7 Å². The second-order valence-corrected chi connectivity index (χ2v) is 10.8. The predicted octanol–water partition coefficient (Wildman–Crippen LogP) is 1.87. The molecule has 4 aromatic rings. The summed E-state index contributed by atoms with van der Waals surface area (Å²) in [7, 11) is 2.90. The van der Waals surface area contributed by atoms with Crippen LogP contribution < -0.4 is 21.0 Å². The summed E-state index contributed by atoms with van der Waals surface area (Å²) in [6.07, 6.45) is -0.0300. The summed E-state index contributed by atoms with van der Waals surface area (Å²) < 4.78 is 32.2. The third-order valence-corrected chi connectivity index (χ3v) is 8.23. The van der Waals surface area contributed by atoms with E-state index in [9.17, 15) is 28.0 Å². The molecular weight excluding hydrogens is 572 g/mol. The van der Waals surface area contributed by atoms with Gasteiger partial charge in [0.15, 0.2) is 11.2 Å². The van der Waals surface area contributed by atoms with Crippen molar-refractivity contribution in [3.05, 3.63) is 85.5 Å². The highest BCUT2D eigenvalue weighted by atomic mass is 35.5. The van der Waals surface area contributed by atoms with Crippen molar-refractivity contribution in [1.29, 1.82) is 0 Å². The lowest BCUT2D eigenvalue weighted by atomic mass is 10.1. The summed E-state index contributed by atoms with van der Waals surface area (Å²) in [5.74, 6) is -1.51. The summed E-state index contributed by atoms with van der Waals surface area (Å²) in [4.78, 5) is 61.5. The average molecular weight is 598 g/mol. The Kier molecular flexibility index (Phi) is 6.93. The van der Waals surface area contributed by atoms with Gasteiger partial charge in [-0.2, -0.15) is 4.98 Å². The third-order valence-electron chi connectivity index (χ3n) is 7.94. The Labute approximate surface area is 242 Å². The Bertz CT molecular complexity index is 1880. The van der Waals surface area contributed by atoms with E-state index in [1.165, 1.54) is 36.9 Å². The minimum Gasteiger partial charge on any atom is -0.340 e. The number of anilines is 2. The number of amides is 2. The first-order chi connectivity index (χ1) is 20.1. The lowest BCUT2D eigenvalue weighted by Crippen LogP contribution is -2.53. The van der Waals surface area contributed by atoms with E-state index >= 15 is 0 Å². The summed E-state index contributed by atoms with van der Waals surface area (Å²) in [5, 5.41) is -0.184. The second-order valence-electron chi connectivity index (χ2n) is 10.4. The quantitative estimate of drug-likeness (QED) is 0.324. The van der Waals surface area contributed by atoms with Crippen molar-refractivity contribution in [2.75, 3.05) is 36.0 Å². The molecule has 0 spiro atoms. The van der Waals surface area contributed by atoms with E-state index in [1.54, 1.807) is 22.8 Å². The van der Waals surface area contributed by atoms with E-state index in [4.69, 9.17) is 11.6 Å². The maximum atomic E-state index is 14.7. The molecule has 2 aliphatic heterocycles. The molecule has 218 valence electrons. The number of imidazole rings is 1. The highest BCUT2D eigenvalue weighted by molar-refractivity contribution is 6.31. The van der Waals surface area contributed by atoms with Crippen LogP contribution in [0.5, 0.6) is 0 Å². The fourth-order valence-electron chi connectivity index (χ4n) is 5.65. The number of imide groups is 1. The number of carbonyl (C=O) groups excluding carboxylic acids is 2. The lowest BCUT2D eigenvalue weighted by Gasteiger charge is -2.37. The van der Waals surface area contributed by atoms with Crippen LogP contribution in [0.1, 0.15) is 12.0 Å². The highest BCUT2D eigenvalue weighted by Crippen LogP contribution is 2.30. The van der Waals surface area contributed by atoms with Gasteiger partial charge in [0, 0.05) is 45.8 Å².